The van der Waals surface area contributed by atoms with Crippen molar-refractivity contribution in [3.8, 4) is 11.4 Å². The summed E-state index contributed by atoms with van der Waals surface area (Å²) < 4.78 is 0. The molecule has 0 aliphatic rings. The number of benzene rings is 4. The maximum absolute atomic E-state index is 6.19. The third-order valence-corrected chi connectivity index (χ3v) is 5.49. The van der Waals surface area contributed by atoms with Gasteiger partial charge in [0, 0.05) is 0 Å². The Kier molecular flexibility index (Phi) is 7.18. The van der Waals surface area contributed by atoms with Crippen LogP contribution >= 0.6 is 0 Å². The van der Waals surface area contributed by atoms with Gasteiger partial charge in [-0.15, -0.1) is 0 Å². The zero-order valence-electron chi connectivity index (χ0n) is 17.7. The van der Waals surface area contributed by atoms with Crippen LogP contribution in [0.15, 0.2) is 115 Å². The molecule has 33 heavy (non-hydrogen) atoms. The van der Waals surface area contributed by atoms with Crippen molar-refractivity contribution in [2.45, 2.75) is 5.54 Å². The fourth-order valence-electron chi connectivity index (χ4n) is 4.05. The van der Waals surface area contributed by atoms with E-state index in [4.69, 9.17) is 12.9 Å². The second-order valence-corrected chi connectivity index (χ2v) is 7.30. The average Bonchev–Trinajstić information content (AvgIpc) is 3.32. The van der Waals surface area contributed by atoms with Gasteiger partial charge in [-0.05, 0) is 0 Å². The Labute approximate surface area is 193 Å². The van der Waals surface area contributed by atoms with Gasteiger partial charge in [-0.25, -0.2) is 0 Å². The number of hydrogen-bond donors (Lipinski definition) is 0. The van der Waals surface area contributed by atoms with Crippen LogP contribution in [0.2, 0.25) is 0 Å². The fourth-order valence-corrected chi connectivity index (χ4v) is 4.05. The Hall–Kier alpha value is -4.07. The Morgan fingerprint density at radius 2 is 1.00 bits per heavy atom. The van der Waals surface area contributed by atoms with E-state index in [0.29, 0.717) is 11.3 Å². The van der Waals surface area contributed by atoms with Crippen molar-refractivity contribution in [2.75, 3.05) is 0 Å². The molecule has 160 valence electrons. The van der Waals surface area contributed by atoms with Gasteiger partial charge in [0.1, 0.15) is 0 Å². The van der Waals surface area contributed by atoms with Crippen LogP contribution in [-0.4, -0.2) is 39.0 Å². The molecule has 7 heteroatoms. The van der Waals surface area contributed by atoms with Crippen LogP contribution in [-0.2, 0) is 5.54 Å². The number of tetrazole rings is 1. The van der Waals surface area contributed by atoms with Crippen LogP contribution in [0.4, 0.5) is 0 Å². The van der Waals surface area contributed by atoms with E-state index >= 15 is 0 Å². The van der Waals surface area contributed by atoms with E-state index in [1.165, 1.54) is 0 Å². The molecule has 0 saturated carbocycles. The van der Waals surface area contributed by atoms with Crippen molar-refractivity contribution in [1.82, 2.24) is 20.2 Å². The smallest absolute Gasteiger partial charge is 0.870 e. The van der Waals surface area contributed by atoms with E-state index in [2.05, 4.69) is 46.7 Å². The maximum atomic E-state index is 6.19. The molecule has 0 radical (unpaired) electrons. The van der Waals surface area contributed by atoms with Crippen LogP contribution in [0, 0.1) is 0 Å². The molecular weight excluding hydrogens is 411 g/mol. The SMILES string of the molecule is [B+2]c1ccccc1-c1nnn(C(c2ccccc2)(c2ccccc2)c2ccccc2)n1.[OH-].[OH-]. The maximum Gasteiger partial charge on any atom is -0.870 e. The molecule has 0 atom stereocenters. The minimum atomic E-state index is -0.793. The number of rotatable bonds is 5. The number of hydrogen-bond acceptors (Lipinski definition) is 5. The molecule has 2 N–H and O–H groups in total. The molecule has 0 saturated heterocycles. The molecule has 5 rings (SSSR count). The molecule has 0 aliphatic carbocycles. The van der Waals surface area contributed by atoms with Crippen molar-refractivity contribution >= 4 is 13.3 Å². The van der Waals surface area contributed by atoms with Crippen LogP contribution < -0.4 is 5.46 Å². The first kappa shape index (κ1) is 23.6. The molecule has 6 nitrogen and oxygen atoms in total. The first-order valence-electron chi connectivity index (χ1n) is 10.1. The monoisotopic (exact) mass is 432 g/mol. The van der Waals surface area contributed by atoms with E-state index in [1.807, 2.05) is 78.9 Å². The van der Waals surface area contributed by atoms with Crippen molar-refractivity contribution in [2.24, 2.45) is 0 Å². The molecule has 1 heterocycles. The van der Waals surface area contributed by atoms with Gasteiger partial charge in [-0.2, -0.15) is 0 Å². The minimum Gasteiger partial charge on any atom is -0.870 e. The Bertz CT molecular complexity index is 1200. The van der Waals surface area contributed by atoms with Crippen molar-refractivity contribution in [3.05, 3.63) is 132 Å². The molecule has 0 spiro atoms. The third kappa shape index (κ3) is 4.07. The van der Waals surface area contributed by atoms with E-state index in [-0.39, 0.29) is 11.0 Å². The first-order valence-corrected chi connectivity index (χ1v) is 10.1. The summed E-state index contributed by atoms with van der Waals surface area (Å²) in [5.74, 6) is 0.491. The molecule has 0 amide bonds. The molecule has 0 unspecified atom stereocenters. The third-order valence-electron chi connectivity index (χ3n) is 5.49. The van der Waals surface area contributed by atoms with Gasteiger partial charge in [0.2, 0.25) is 0 Å². The summed E-state index contributed by atoms with van der Waals surface area (Å²) in [6.45, 7) is 0. The van der Waals surface area contributed by atoms with Crippen molar-refractivity contribution in [1.29, 1.82) is 0 Å². The van der Waals surface area contributed by atoms with Crippen LogP contribution in [0.1, 0.15) is 16.7 Å². The van der Waals surface area contributed by atoms with E-state index < -0.39 is 5.54 Å². The van der Waals surface area contributed by atoms with Gasteiger partial charge in [-0.1, -0.05) is 0 Å². The predicted octanol–water partition coefficient (Wildman–Crippen LogP) is 3.62. The topological polar surface area (TPSA) is 104 Å². The Balaban J connectivity index is 0.00000153. The van der Waals surface area contributed by atoms with Gasteiger partial charge in [0.25, 0.3) is 0 Å². The van der Waals surface area contributed by atoms with Crippen LogP contribution in [0.25, 0.3) is 11.4 Å². The molecule has 4 aromatic carbocycles. The van der Waals surface area contributed by atoms with Gasteiger partial charge >= 0.3 is 182 Å². The number of aromatic nitrogens is 4. The van der Waals surface area contributed by atoms with Crippen molar-refractivity contribution < 1.29 is 11.0 Å². The minimum absolute atomic E-state index is 0. The largest absolute Gasteiger partial charge is 0.870 e. The van der Waals surface area contributed by atoms with Crippen LogP contribution in [0.5, 0.6) is 0 Å². The van der Waals surface area contributed by atoms with E-state index in [0.717, 1.165) is 22.3 Å². The zero-order chi connectivity index (χ0) is 21.1. The Morgan fingerprint density at radius 3 is 1.45 bits per heavy atom. The van der Waals surface area contributed by atoms with Gasteiger partial charge < -0.3 is 11.0 Å². The second-order valence-electron chi connectivity index (χ2n) is 7.30. The van der Waals surface area contributed by atoms with E-state index in [9.17, 15) is 0 Å². The summed E-state index contributed by atoms with van der Waals surface area (Å²) >= 11 is 0. The van der Waals surface area contributed by atoms with Gasteiger partial charge in [-0.3, -0.25) is 0 Å². The molecule has 0 aliphatic heterocycles. The summed E-state index contributed by atoms with van der Waals surface area (Å²) in [6, 6.07) is 38.4. The summed E-state index contributed by atoms with van der Waals surface area (Å²) in [4.78, 5) is 1.70. The summed E-state index contributed by atoms with van der Waals surface area (Å²) in [6.07, 6.45) is 0. The van der Waals surface area contributed by atoms with E-state index in [1.54, 1.807) is 4.80 Å². The average molecular weight is 432 g/mol. The Morgan fingerprint density at radius 1 is 0.576 bits per heavy atom. The molecule has 0 fully saturated rings. The van der Waals surface area contributed by atoms with Crippen molar-refractivity contribution in [3.63, 3.8) is 0 Å². The fraction of sp³-hybridized carbons (Fsp3) is 0.0385. The molecule has 1 aromatic heterocycles. The van der Waals surface area contributed by atoms with Crippen LogP contribution in [0.3, 0.4) is 0 Å². The quantitative estimate of drug-likeness (QED) is 0.312. The first-order chi connectivity index (χ1) is 15.3. The van der Waals surface area contributed by atoms with Gasteiger partial charge in [0.05, 0.1) is 0 Å². The predicted molar refractivity (Wildman–Crippen MR) is 127 cm³/mol. The molecular formula is C26H21BN4O2. The normalized spacial score (nSPS) is 10.7. The summed E-state index contributed by atoms with van der Waals surface area (Å²) in [5, 5.41) is 13.8. The second kappa shape index (κ2) is 10.0. The zero-order valence-corrected chi connectivity index (χ0v) is 17.7. The number of nitrogens with zero attached hydrogens (tertiary/aromatic N) is 4. The summed E-state index contributed by atoms with van der Waals surface area (Å²) in [7, 11) is 6.19. The molecule has 0 bridgehead atoms. The van der Waals surface area contributed by atoms with Gasteiger partial charge in [0.15, 0.2) is 0 Å². The molecule has 5 aromatic rings. The summed E-state index contributed by atoms with van der Waals surface area (Å²) in [5.41, 5.74) is 3.70. The standard InChI is InChI=1S/C26H19BN4.2H2O/c27-24-19-11-10-18-23(24)25-28-30-31(29-25)26(20-12-4-1-5-13-20,21-14-6-2-7-15-21)22-16-8-3-9-17-22;;/h1-19H;2*1H2/q+2;;/p-2.